The second kappa shape index (κ2) is 9.94. The third-order valence-electron chi connectivity index (χ3n) is 2.99. The fraction of sp³-hybridized carbons (Fsp3) is 0.643. The van der Waals surface area contributed by atoms with Crippen molar-refractivity contribution in [2.75, 3.05) is 31.7 Å². The van der Waals surface area contributed by atoms with Crippen LogP contribution in [0, 0.1) is 0 Å². The zero-order valence-electron chi connectivity index (χ0n) is 12.3. The van der Waals surface area contributed by atoms with Gasteiger partial charge in [-0.15, -0.1) is 0 Å². The SMILES string of the molecule is CCOC(OCC)[SiH2]CCCN(C)c1ccncc1. The Kier molecular flexibility index (Phi) is 8.45. The number of aromatic nitrogens is 1. The molecule has 108 valence electrons. The summed E-state index contributed by atoms with van der Waals surface area (Å²) in [6, 6.07) is 5.33. The van der Waals surface area contributed by atoms with Gasteiger partial charge >= 0.3 is 0 Å². The molecule has 0 saturated carbocycles. The Morgan fingerprint density at radius 1 is 1.21 bits per heavy atom. The molecule has 0 N–H and O–H groups in total. The Labute approximate surface area is 118 Å². The first-order valence-electron chi connectivity index (χ1n) is 7.12. The third-order valence-corrected chi connectivity index (χ3v) is 4.84. The molecule has 0 atom stereocenters. The van der Waals surface area contributed by atoms with Crippen molar-refractivity contribution < 1.29 is 9.47 Å². The van der Waals surface area contributed by atoms with Crippen LogP contribution < -0.4 is 4.90 Å². The molecule has 0 bridgehead atoms. The highest BCUT2D eigenvalue weighted by atomic mass is 28.2. The molecule has 0 aromatic carbocycles. The largest absolute Gasteiger partial charge is 0.375 e. The van der Waals surface area contributed by atoms with Crippen LogP contribution in [0.1, 0.15) is 20.3 Å². The molecule has 0 fully saturated rings. The number of hydrogen-bond acceptors (Lipinski definition) is 4. The highest BCUT2D eigenvalue weighted by Crippen LogP contribution is 2.10. The summed E-state index contributed by atoms with van der Waals surface area (Å²) in [5.41, 5.74) is 1.22. The fourth-order valence-corrected chi connectivity index (χ4v) is 3.62. The molecule has 0 aliphatic heterocycles. The van der Waals surface area contributed by atoms with E-state index < -0.39 is 0 Å². The molecule has 0 saturated heterocycles. The summed E-state index contributed by atoms with van der Waals surface area (Å²) in [5, 5.41) is 0. The molecule has 5 heteroatoms. The van der Waals surface area contributed by atoms with Crippen LogP contribution >= 0.6 is 0 Å². The van der Waals surface area contributed by atoms with E-state index in [0.29, 0.717) is 0 Å². The van der Waals surface area contributed by atoms with Gasteiger partial charge in [0, 0.05) is 44.9 Å². The monoisotopic (exact) mass is 282 g/mol. The maximum Gasteiger partial charge on any atom is 0.134 e. The highest BCUT2D eigenvalue weighted by Gasteiger charge is 2.08. The smallest absolute Gasteiger partial charge is 0.134 e. The number of pyridine rings is 1. The van der Waals surface area contributed by atoms with Crippen LogP contribution in [0.4, 0.5) is 5.69 Å². The standard InChI is InChI=1S/C14H26N2O2Si/c1-4-17-14(18-5-2)19-12-6-11-16(3)13-7-9-15-10-8-13/h7-10,14H,4-6,11-12,19H2,1-3H3. The molecule has 19 heavy (non-hydrogen) atoms. The van der Waals surface area contributed by atoms with E-state index in [9.17, 15) is 0 Å². The van der Waals surface area contributed by atoms with Crippen LogP contribution in [0.3, 0.4) is 0 Å². The van der Waals surface area contributed by atoms with Gasteiger partial charge in [-0.1, -0.05) is 6.04 Å². The van der Waals surface area contributed by atoms with Gasteiger partial charge in [0.15, 0.2) is 0 Å². The molecule has 4 nitrogen and oxygen atoms in total. The average molecular weight is 282 g/mol. The van der Waals surface area contributed by atoms with Gasteiger partial charge in [-0.05, 0) is 32.4 Å². The number of nitrogens with zero attached hydrogens (tertiary/aromatic N) is 2. The molecule has 0 spiro atoms. The summed E-state index contributed by atoms with van der Waals surface area (Å²) in [7, 11) is 1.82. The zero-order chi connectivity index (χ0) is 13.9. The predicted octanol–water partition coefficient (Wildman–Crippen LogP) is 1.85. The Bertz CT molecular complexity index is 318. The van der Waals surface area contributed by atoms with E-state index in [1.165, 1.54) is 18.2 Å². The molecule has 1 aromatic rings. The molecule has 0 radical (unpaired) electrons. The van der Waals surface area contributed by atoms with E-state index in [0.717, 1.165) is 19.8 Å². The van der Waals surface area contributed by atoms with Gasteiger partial charge in [-0.25, -0.2) is 0 Å². The van der Waals surface area contributed by atoms with Crippen LogP contribution in [0.15, 0.2) is 24.5 Å². The maximum absolute atomic E-state index is 5.59. The summed E-state index contributed by atoms with van der Waals surface area (Å²) >= 11 is 0. The minimum Gasteiger partial charge on any atom is -0.375 e. The number of rotatable bonds is 10. The first kappa shape index (κ1) is 16.1. The Hall–Kier alpha value is -0.913. The van der Waals surface area contributed by atoms with Gasteiger partial charge in [0.1, 0.15) is 5.91 Å². The van der Waals surface area contributed by atoms with Gasteiger partial charge in [0.25, 0.3) is 0 Å². The summed E-state index contributed by atoms with van der Waals surface area (Å²) in [4.78, 5) is 6.31. The molecular weight excluding hydrogens is 256 g/mol. The quantitative estimate of drug-likeness (QED) is 0.373. The van der Waals surface area contributed by atoms with Gasteiger partial charge in [0.2, 0.25) is 0 Å². The molecule has 1 rings (SSSR count). The van der Waals surface area contributed by atoms with Gasteiger partial charge in [-0.3, -0.25) is 4.98 Å². The van der Waals surface area contributed by atoms with E-state index in [1.54, 1.807) is 0 Å². The van der Waals surface area contributed by atoms with Crippen LogP contribution in [0.25, 0.3) is 0 Å². The van der Waals surface area contributed by atoms with Crippen LogP contribution in [-0.2, 0) is 9.47 Å². The second-order valence-corrected chi connectivity index (χ2v) is 6.41. The first-order valence-corrected chi connectivity index (χ1v) is 8.94. The van der Waals surface area contributed by atoms with E-state index in [2.05, 4.69) is 16.9 Å². The normalized spacial score (nSPS) is 11.6. The van der Waals surface area contributed by atoms with Crippen LogP contribution in [0.2, 0.25) is 6.04 Å². The molecular formula is C14H26N2O2Si. The Morgan fingerprint density at radius 2 is 1.84 bits per heavy atom. The molecule has 0 aliphatic rings. The zero-order valence-corrected chi connectivity index (χ0v) is 13.8. The Balaban J connectivity index is 2.19. The van der Waals surface area contributed by atoms with Gasteiger partial charge < -0.3 is 14.4 Å². The molecule has 1 aromatic heterocycles. The average Bonchev–Trinajstić information content (AvgIpc) is 2.44. The van der Waals surface area contributed by atoms with Crippen molar-refractivity contribution in [1.29, 1.82) is 0 Å². The molecule has 0 aliphatic carbocycles. The minimum absolute atomic E-state index is 0.0984. The van der Waals surface area contributed by atoms with Crippen molar-refractivity contribution in [3.8, 4) is 0 Å². The lowest BCUT2D eigenvalue weighted by Gasteiger charge is -2.20. The molecule has 1 heterocycles. The van der Waals surface area contributed by atoms with Crippen molar-refractivity contribution >= 4 is 15.2 Å². The van der Waals surface area contributed by atoms with Gasteiger partial charge in [0.05, 0.1) is 9.52 Å². The lowest BCUT2D eigenvalue weighted by atomic mass is 10.3. The van der Waals surface area contributed by atoms with E-state index in [4.69, 9.17) is 9.47 Å². The lowest BCUT2D eigenvalue weighted by Crippen LogP contribution is -2.26. The van der Waals surface area contributed by atoms with Crippen LogP contribution in [0.5, 0.6) is 0 Å². The lowest BCUT2D eigenvalue weighted by molar-refractivity contribution is -0.0827. The highest BCUT2D eigenvalue weighted by molar-refractivity contribution is 6.36. The molecule has 0 unspecified atom stereocenters. The number of hydrogen-bond donors (Lipinski definition) is 0. The summed E-state index contributed by atoms with van der Waals surface area (Å²) < 4.78 is 11.2. The van der Waals surface area contributed by atoms with Crippen LogP contribution in [-0.4, -0.2) is 47.2 Å². The number of ether oxygens (including phenoxy) is 2. The third kappa shape index (κ3) is 6.70. The van der Waals surface area contributed by atoms with Crippen molar-refractivity contribution in [1.82, 2.24) is 4.98 Å². The second-order valence-electron chi connectivity index (χ2n) is 4.46. The molecule has 0 amide bonds. The van der Waals surface area contributed by atoms with Crippen molar-refractivity contribution in [2.45, 2.75) is 32.2 Å². The van der Waals surface area contributed by atoms with Gasteiger partial charge in [-0.2, -0.15) is 0 Å². The fourth-order valence-electron chi connectivity index (χ4n) is 1.97. The summed E-state index contributed by atoms with van der Waals surface area (Å²) in [6.45, 7) is 6.61. The minimum atomic E-state index is -0.303. The first-order chi connectivity index (χ1) is 9.27. The predicted molar refractivity (Wildman–Crippen MR) is 82.5 cm³/mol. The van der Waals surface area contributed by atoms with E-state index in [-0.39, 0.29) is 15.4 Å². The topological polar surface area (TPSA) is 34.6 Å². The van der Waals surface area contributed by atoms with Crippen molar-refractivity contribution in [3.63, 3.8) is 0 Å². The Morgan fingerprint density at radius 3 is 2.42 bits per heavy atom. The maximum atomic E-state index is 5.59. The van der Waals surface area contributed by atoms with E-state index in [1.807, 2.05) is 38.4 Å². The summed E-state index contributed by atoms with van der Waals surface area (Å²) in [5.74, 6) is 0.0984. The van der Waals surface area contributed by atoms with Crippen molar-refractivity contribution in [3.05, 3.63) is 24.5 Å². The van der Waals surface area contributed by atoms with Crippen molar-refractivity contribution in [2.24, 2.45) is 0 Å². The van der Waals surface area contributed by atoms with E-state index >= 15 is 0 Å². The summed E-state index contributed by atoms with van der Waals surface area (Å²) in [6.07, 6.45) is 4.86. The number of anilines is 1.